The van der Waals surface area contributed by atoms with Crippen molar-refractivity contribution in [3.63, 3.8) is 0 Å². The third-order valence-corrected chi connectivity index (χ3v) is 6.38. The van der Waals surface area contributed by atoms with E-state index in [1.54, 1.807) is 9.80 Å². The fourth-order valence-corrected chi connectivity index (χ4v) is 4.96. The lowest BCUT2D eigenvalue weighted by Gasteiger charge is -2.46. The molecule has 3 aliphatic heterocycles. The van der Waals surface area contributed by atoms with Gasteiger partial charge in [-0.05, 0) is 32.1 Å². The summed E-state index contributed by atoms with van der Waals surface area (Å²) in [5.74, 6) is 0.296. The van der Waals surface area contributed by atoms with E-state index in [0.717, 1.165) is 19.3 Å². The van der Waals surface area contributed by atoms with Gasteiger partial charge in [-0.2, -0.15) is 0 Å². The van der Waals surface area contributed by atoms with E-state index in [-0.39, 0.29) is 41.9 Å². The molecule has 1 unspecified atom stereocenters. The molecule has 112 valence electrons. The minimum absolute atomic E-state index is 0.0164. The van der Waals surface area contributed by atoms with Crippen molar-refractivity contribution in [1.82, 2.24) is 9.80 Å². The number of amides is 2. The summed E-state index contributed by atoms with van der Waals surface area (Å²) in [5, 5.41) is 0. The predicted molar refractivity (Wildman–Crippen MR) is 72.7 cm³/mol. The zero-order valence-electron chi connectivity index (χ0n) is 11.5. The highest BCUT2D eigenvalue weighted by molar-refractivity contribution is 7.91. The van der Waals surface area contributed by atoms with Crippen LogP contribution in [0.15, 0.2) is 0 Å². The van der Waals surface area contributed by atoms with Crippen LogP contribution in [0.5, 0.6) is 0 Å². The van der Waals surface area contributed by atoms with Crippen LogP contribution in [0.1, 0.15) is 32.1 Å². The van der Waals surface area contributed by atoms with Crippen LogP contribution in [-0.4, -0.2) is 66.7 Å². The van der Waals surface area contributed by atoms with E-state index in [2.05, 4.69) is 0 Å². The normalized spacial score (nSPS) is 31.3. The number of piperazine rings is 1. The fraction of sp³-hybridized carbons (Fsp3) is 0.846. The molecule has 3 fully saturated rings. The molecule has 0 N–H and O–H groups in total. The molecule has 0 aromatic heterocycles. The van der Waals surface area contributed by atoms with Crippen LogP contribution in [0, 0.1) is 0 Å². The molecule has 7 heteroatoms. The Bertz CT molecular complexity index is 516. The molecule has 3 heterocycles. The molecule has 6 nitrogen and oxygen atoms in total. The van der Waals surface area contributed by atoms with Crippen molar-refractivity contribution < 1.29 is 18.0 Å². The van der Waals surface area contributed by atoms with Gasteiger partial charge < -0.3 is 9.80 Å². The number of hydrogen-bond donors (Lipinski definition) is 0. The highest BCUT2D eigenvalue weighted by Crippen LogP contribution is 2.27. The third-order valence-electron chi connectivity index (χ3n) is 4.66. The first kappa shape index (κ1) is 13.9. The maximum absolute atomic E-state index is 12.5. The Hall–Kier alpha value is -1.11. The van der Waals surface area contributed by atoms with Gasteiger partial charge in [-0.1, -0.05) is 0 Å². The lowest BCUT2D eigenvalue weighted by Crippen LogP contribution is -2.63. The first-order valence-corrected chi connectivity index (χ1v) is 9.10. The Kier molecular flexibility index (Phi) is 3.48. The highest BCUT2D eigenvalue weighted by atomic mass is 32.2. The molecule has 0 aromatic carbocycles. The molecule has 0 spiro atoms. The summed E-state index contributed by atoms with van der Waals surface area (Å²) >= 11 is 0. The van der Waals surface area contributed by atoms with E-state index >= 15 is 0 Å². The number of rotatable bonds is 1. The molecule has 0 aromatic rings. The van der Waals surface area contributed by atoms with Crippen molar-refractivity contribution in [2.45, 2.75) is 44.2 Å². The summed E-state index contributed by atoms with van der Waals surface area (Å²) in [7, 11) is -2.94. The Balaban J connectivity index is 1.74. The number of nitrogens with zero attached hydrogens (tertiary/aromatic N) is 2. The molecule has 20 heavy (non-hydrogen) atoms. The van der Waals surface area contributed by atoms with Gasteiger partial charge in [0.1, 0.15) is 22.4 Å². The smallest absolute Gasteiger partial charge is 0.246 e. The second-order valence-electron chi connectivity index (χ2n) is 5.95. The standard InChI is InChI=1S/C13H20N2O4S/c16-12-9-15(10-4-7-20(18,19)8-5-10)13(17)11-3-1-2-6-14(11)12/h10-11H,1-9H2. The maximum atomic E-state index is 12.5. The van der Waals surface area contributed by atoms with E-state index < -0.39 is 9.84 Å². The number of fused-ring (bicyclic) bond motifs is 1. The molecular weight excluding hydrogens is 280 g/mol. The number of piperidine rings is 1. The minimum atomic E-state index is -2.94. The number of sulfone groups is 1. The SMILES string of the molecule is O=C1C2CCCCN2C(=O)CN1C1CCS(=O)(=O)CC1. The highest BCUT2D eigenvalue weighted by Gasteiger charge is 2.43. The predicted octanol–water partition coefficient (Wildman–Crippen LogP) is -0.213. The molecule has 0 aliphatic carbocycles. The van der Waals surface area contributed by atoms with Crippen molar-refractivity contribution in [3.8, 4) is 0 Å². The van der Waals surface area contributed by atoms with Gasteiger partial charge in [0.2, 0.25) is 11.8 Å². The van der Waals surface area contributed by atoms with Crippen LogP contribution in [0.25, 0.3) is 0 Å². The van der Waals surface area contributed by atoms with Crippen LogP contribution in [0.4, 0.5) is 0 Å². The first-order valence-electron chi connectivity index (χ1n) is 7.28. The van der Waals surface area contributed by atoms with Crippen molar-refractivity contribution >= 4 is 21.7 Å². The fourth-order valence-electron chi connectivity index (χ4n) is 3.49. The molecule has 2 amide bonds. The second kappa shape index (κ2) is 5.02. The summed E-state index contributed by atoms with van der Waals surface area (Å²) in [6, 6.07) is -0.386. The average Bonchev–Trinajstić information content (AvgIpc) is 2.43. The summed E-state index contributed by atoms with van der Waals surface area (Å²) in [6.07, 6.45) is 3.62. The van der Waals surface area contributed by atoms with Gasteiger partial charge in [0.05, 0.1) is 11.5 Å². The Labute approximate surface area is 119 Å². The monoisotopic (exact) mass is 300 g/mol. The Morgan fingerprint density at radius 2 is 1.65 bits per heavy atom. The van der Waals surface area contributed by atoms with Crippen molar-refractivity contribution in [2.75, 3.05) is 24.6 Å². The summed E-state index contributed by atoms with van der Waals surface area (Å²) in [6.45, 7) is 0.808. The number of carbonyl (C=O) groups excluding carboxylic acids is 2. The summed E-state index contributed by atoms with van der Waals surface area (Å²) in [4.78, 5) is 28.1. The third kappa shape index (κ3) is 2.43. The van der Waals surface area contributed by atoms with Gasteiger partial charge >= 0.3 is 0 Å². The molecule has 0 radical (unpaired) electrons. The molecule has 0 saturated carbocycles. The van der Waals surface area contributed by atoms with Crippen LogP contribution in [0.2, 0.25) is 0 Å². The Morgan fingerprint density at radius 3 is 2.35 bits per heavy atom. The van der Waals surface area contributed by atoms with Gasteiger partial charge in [0, 0.05) is 12.6 Å². The van der Waals surface area contributed by atoms with E-state index in [0.29, 0.717) is 19.4 Å². The molecule has 0 bridgehead atoms. The zero-order chi connectivity index (χ0) is 14.3. The van der Waals surface area contributed by atoms with Gasteiger partial charge in [-0.15, -0.1) is 0 Å². The second-order valence-corrected chi connectivity index (χ2v) is 8.25. The molecule has 3 rings (SSSR count). The molecule has 3 saturated heterocycles. The summed E-state index contributed by atoms with van der Waals surface area (Å²) < 4.78 is 22.9. The number of carbonyl (C=O) groups is 2. The van der Waals surface area contributed by atoms with Crippen LogP contribution in [0.3, 0.4) is 0 Å². The summed E-state index contributed by atoms with van der Waals surface area (Å²) in [5.41, 5.74) is 0. The van der Waals surface area contributed by atoms with Crippen LogP contribution < -0.4 is 0 Å². The maximum Gasteiger partial charge on any atom is 0.246 e. The molecular formula is C13H20N2O4S. The van der Waals surface area contributed by atoms with Crippen LogP contribution >= 0.6 is 0 Å². The van der Waals surface area contributed by atoms with Crippen molar-refractivity contribution in [2.24, 2.45) is 0 Å². The molecule has 1 atom stereocenters. The largest absolute Gasteiger partial charge is 0.329 e. The average molecular weight is 300 g/mol. The topological polar surface area (TPSA) is 74.8 Å². The number of hydrogen-bond acceptors (Lipinski definition) is 4. The first-order chi connectivity index (χ1) is 9.48. The van der Waals surface area contributed by atoms with Gasteiger partial charge in [-0.25, -0.2) is 8.42 Å². The minimum Gasteiger partial charge on any atom is -0.329 e. The van der Waals surface area contributed by atoms with E-state index in [1.165, 1.54) is 0 Å². The van der Waals surface area contributed by atoms with E-state index in [4.69, 9.17) is 0 Å². The molecule has 3 aliphatic rings. The zero-order valence-corrected chi connectivity index (χ0v) is 12.3. The quantitative estimate of drug-likeness (QED) is 0.671. The van der Waals surface area contributed by atoms with E-state index in [9.17, 15) is 18.0 Å². The van der Waals surface area contributed by atoms with Crippen molar-refractivity contribution in [1.29, 1.82) is 0 Å². The van der Waals surface area contributed by atoms with Gasteiger partial charge in [0.25, 0.3) is 0 Å². The van der Waals surface area contributed by atoms with Crippen molar-refractivity contribution in [3.05, 3.63) is 0 Å². The van der Waals surface area contributed by atoms with E-state index in [1.807, 2.05) is 0 Å². The van der Waals surface area contributed by atoms with Gasteiger partial charge in [0.15, 0.2) is 0 Å². The lowest BCUT2D eigenvalue weighted by atomic mass is 9.96. The Morgan fingerprint density at radius 1 is 0.950 bits per heavy atom. The van der Waals surface area contributed by atoms with Crippen LogP contribution in [-0.2, 0) is 19.4 Å². The lowest BCUT2D eigenvalue weighted by molar-refractivity contribution is -0.160. The van der Waals surface area contributed by atoms with Gasteiger partial charge in [-0.3, -0.25) is 9.59 Å².